The zero-order valence-corrected chi connectivity index (χ0v) is 12.3. The quantitative estimate of drug-likeness (QED) is 0.627. The summed E-state index contributed by atoms with van der Waals surface area (Å²) in [4.78, 5) is 1.12. The van der Waals surface area contributed by atoms with E-state index in [1.165, 1.54) is 5.69 Å². The lowest BCUT2D eigenvalue weighted by molar-refractivity contribution is 0.402. The summed E-state index contributed by atoms with van der Waals surface area (Å²) >= 11 is 1.65. The maximum Gasteiger partial charge on any atom is 0.134 e. The predicted molar refractivity (Wildman–Crippen MR) is 77.3 cm³/mol. The average molecular weight is 280 g/mol. The molecule has 0 saturated heterocycles. The molecular weight excluding hydrogens is 260 g/mol. The normalized spacial score (nSPS) is 12.6. The lowest BCUT2D eigenvalue weighted by Crippen LogP contribution is -2.29. The Morgan fingerprint density at radius 2 is 2.37 bits per heavy atom. The number of ether oxygens (including phenoxy) is 1. The van der Waals surface area contributed by atoms with Gasteiger partial charge < -0.3 is 4.74 Å². The Morgan fingerprint density at radius 3 is 3.00 bits per heavy atom. The topological polar surface area (TPSA) is 65.1 Å². The third-order valence-electron chi connectivity index (χ3n) is 3.09. The van der Waals surface area contributed by atoms with Crippen molar-refractivity contribution in [2.75, 3.05) is 7.11 Å². The van der Waals surface area contributed by atoms with Crippen LogP contribution in [0.3, 0.4) is 0 Å². The summed E-state index contributed by atoms with van der Waals surface area (Å²) < 4.78 is 7.37. The van der Waals surface area contributed by atoms with Gasteiger partial charge in [-0.2, -0.15) is 5.10 Å². The third kappa shape index (κ3) is 2.97. The Bertz CT molecular complexity index is 534. The molecule has 2 rings (SSSR count). The van der Waals surface area contributed by atoms with Crippen molar-refractivity contribution < 1.29 is 4.74 Å². The molecule has 0 saturated carbocycles. The molecule has 2 aromatic rings. The fraction of sp³-hybridized carbons (Fsp3) is 0.462. The fourth-order valence-corrected chi connectivity index (χ4v) is 3.13. The number of nitrogens with two attached hydrogens (primary N) is 1. The van der Waals surface area contributed by atoms with Gasteiger partial charge in [0.2, 0.25) is 0 Å². The first-order chi connectivity index (χ1) is 9.19. The molecule has 2 heterocycles. The van der Waals surface area contributed by atoms with Crippen LogP contribution in [-0.4, -0.2) is 16.9 Å². The number of aromatic nitrogens is 2. The molecule has 1 atom stereocenters. The van der Waals surface area contributed by atoms with Crippen molar-refractivity contribution in [1.29, 1.82) is 0 Å². The molecule has 0 aromatic carbocycles. The standard InChI is InChI=1S/C13H20N4OS/c1-4-17-10(7-9(2)16-17)8-11(15-14)13-12(18-3)5-6-19-13/h5-7,11,15H,4,8,14H2,1-3H3. The summed E-state index contributed by atoms with van der Waals surface area (Å²) in [6, 6.07) is 4.11. The van der Waals surface area contributed by atoms with E-state index in [-0.39, 0.29) is 6.04 Å². The van der Waals surface area contributed by atoms with Crippen LogP contribution in [0.25, 0.3) is 0 Å². The molecule has 0 aliphatic carbocycles. The number of nitrogens with zero attached hydrogens (tertiary/aromatic N) is 2. The molecular formula is C13H20N4OS. The smallest absolute Gasteiger partial charge is 0.134 e. The second-order valence-corrected chi connectivity index (χ2v) is 5.32. The van der Waals surface area contributed by atoms with Crippen molar-refractivity contribution in [1.82, 2.24) is 15.2 Å². The van der Waals surface area contributed by atoms with Crippen LogP contribution in [0.4, 0.5) is 0 Å². The van der Waals surface area contributed by atoms with Crippen LogP contribution in [-0.2, 0) is 13.0 Å². The summed E-state index contributed by atoms with van der Waals surface area (Å²) in [5.41, 5.74) is 5.09. The summed E-state index contributed by atoms with van der Waals surface area (Å²) in [6.07, 6.45) is 0.794. The van der Waals surface area contributed by atoms with Gasteiger partial charge in [0, 0.05) is 18.7 Å². The van der Waals surface area contributed by atoms with Crippen molar-refractivity contribution >= 4 is 11.3 Å². The summed E-state index contributed by atoms with van der Waals surface area (Å²) in [6.45, 7) is 4.96. The number of hydrogen-bond donors (Lipinski definition) is 2. The van der Waals surface area contributed by atoms with Gasteiger partial charge in [0.25, 0.3) is 0 Å². The van der Waals surface area contributed by atoms with E-state index in [1.807, 2.05) is 23.1 Å². The number of nitrogens with one attached hydrogen (secondary N) is 1. The molecule has 0 spiro atoms. The second kappa shape index (κ2) is 6.18. The van der Waals surface area contributed by atoms with Gasteiger partial charge in [0.1, 0.15) is 5.75 Å². The SMILES string of the molecule is CCn1nc(C)cc1CC(NN)c1sccc1OC. The number of hydrazine groups is 1. The number of hydrogen-bond acceptors (Lipinski definition) is 5. The average Bonchev–Trinajstić information content (AvgIpc) is 3.01. The Hall–Kier alpha value is -1.37. The van der Waals surface area contributed by atoms with Crippen LogP contribution >= 0.6 is 11.3 Å². The first-order valence-electron chi connectivity index (χ1n) is 6.30. The van der Waals surface area contributed by atoms with Gasteiger partial charge in [-0.25, -0.2) is 0 Å². The van der Waals surface area contributed by atoms with E-state index in [0.29, 0.717) is 0 Å². The fourth-order valence-electron chi connectivity index (χ4n) is 2.21. The van der Waals surface area contributed by atoms with Crippen LogP contribution in [0, 0.1) is 6.92 Å². The first kappa shape index (κ1) is 14.0. The molecule has 3 N–H and O–H groups in total. The maximum absolute atomic E-state index is 5.71. The minimum absolute atomic E-state index is 0.0383. The van der Waals surface area contributed by atoms with Gasteiger partial charge in [-0.15, -0.1) is 11.3 Å². The van der Waals surface area contributed by atoms with Crippen LogP contribution in [0.5, 0.6) is 5.75 Å². The van der Waals surface area contributed by atoms with Gasteiger partial charge in [-0.1, -0.05) is 0 Å². The lowest BCUT2D eigenvalue weighted by Gasteiger charge is -2.16. The molecule has 6 heteroatoms. The Morgan fingerprint density at radius 1 is 1.58 bits per heavy atom. The maximum atomic E-state index is 5.71. The minimum atomic E-state index is 0.0383. The molecule has 0 radical (unpaired) electrons. The van der Waals surface area contributed by atoms with Crippen molar-refractivity contribution in [3.8, 4) is 5.75 Å². The molecule has 0 aliphatic rings. The molecule has 0 fully saturated rings. The zero-order valence-electron chi connectivity index (χ0n) is 11.5. The molecule has 0 amide bonds. The van der Waals surface area contributed by atoms with Crippen LogP contribution in [0.15, 0.2) is 17.5 Å². The highest BCUT2D eigenvalue weighted by Gasteiger charge is 2.19. The summed E-state index contributed by atoms with van der Waals surface area (Å²) in [5.74, 6) is 6.59. The Kier molecular flexibility index (Phi) is 4.57. The molecule has 0 aliphatic heterocycles. The van der Waals surface area contributed by atoms with Crippen LogP contribution in [0.2, 0.25) is 0 Å². The van der Waals surface area contributed by atoms with Crippen molar-refractivity contribution in [2.45, 2.75) is 32.9 Å². The molecule has 2 aromatic heterocycles. The highest BCUT2D eigenvalue weighted by Crippen LogP contribution is 2.32. The van der Waals surface area contributed by atoms with E-state index in [4.69, 9.17) is 10.6 Å². The summed E-state index contributed by atoms with van der Waals surface area (Å²) in [5, 5.41) is 6.48. The second-order valence-electron chi connectivity index (χ2n) is 4.37. The predicted octanol–water partition coefficient (Wildman–Crippen LogP) is 2.03. The van der Waals surface area contributed by atoms with E-state index in [2.05, 4.69) is 23.5 Å². The number of rotatable bonds is 6. The van der Waals surface area contributed by atoms with Crippen molar-refractivity contribution in [3.63, 3.8) is 0 Å². The molecule has 5 nitrogen and oxygen atoms in total. The van der Waals surface area contributed by atoms with E-state index < -0.39 is 0 Å². The monoisotopic (exact) mass is 280 g/mol. The highest BCUT2D eigenvalue weighted by molar-refractivity contribution is 7.10. The van der Waals surface area contributed by atoms with Crippen LogP contribution in [0.1, 0.15) is 29.2 Å². The van der Waals surface area contributed by atoms with E-state index >= 15 is 0 Å². The van der Waals surface area contributed by atoms with E-state index in [9.17, 15) is 0 Å². The third-order valence-corrected chi connectivity index (χ3v) is 4.10. The minimum Gasteiger partial charge on any atom is -0.496 e. The van der Waals surface area contributed by atoms with Crippen LogP contribution < -0.4 is 16.0 Å². The van der Waals surface area contributed by atoms with E-state index in [1.54, 1.807) is 18.4 Å². The van der Waals surface area contributed by atoms with Crippen molar-refractivity contribution in [2.24, 2.45) is 5.84 Å². The largest absolute Gasteiger partial charge is 0.496 e. The Labute approximate surface area is 117 Å². The van der Waals surface area contributed by atoms with Gasteiger partial charge in [0.15, 0.2) is 0 Å². The Balaban J connectivity index is 2.23. The van der Waals surface area contributed by atoms with Gasteiger partial charge in [-0.05, 0) is 31.4 Å². The van der Waals surface area contributed by atoms with Gasteiger partial charge in [0.05, 0.1) is 23.7 Å². The van der Waals surface area contributed by atoms with Gasteiger partial charge >= 0.3 is 0 Å². The number of thiophene rings is 1. The number of aryl methyl sites for hydroxylation is 2. The van der Waals surface area contributed by atoms with Gasteiger partial charge in [-0.3, -0.25) is 16.0 Å². The number of methoxy groups -OCH3 is 1. The van der Waals surface area contributed by atoms with E-state index in [0.717, 1.165) is 29.3 Å². The molecule has 104 valence electrons. The van der Waals surface area contributed by atoms with Crippen molar-refractivity contribution in [3.05, 3.63) is 33.8 Å². The lowest BCUT2D eigenvalue weighted by atomic mass is 10.1. The molecule has 1 unspecified atom stereocenters. The zero-order chi connectivity index (χ0) is 13.8. The molecule has 0 bridgehead atoms. The highest BCUT2D eigenvalue weighted by atomic mass is 32.1. The summed E-state index contributed by atoms with van der Waals surface area (Å²) in [7, 11) is 1.68. The first-order valence-corrected chi connectivity index (χ1v) is 7.18. The molecule has 19 heavy (non-hydrogen) atoms.